The number of hydrogen-bond donors (Lipinski definition) is 1. The molecule has 1 unspecified atom stereocenters. The van der Waals surface area contributed by atoms with Crippen molar-refractivity contribution in [1.82, 2.24) is 9.88 Å². The lowest BCUT2D eigenvalue weighted by atomic mass is 10.1. The van der Waals surface area contributed by atoms with E-state index in [1.807, 2.05) is 43.5 Å². The Balaban J connectivity index is 1.54. The molecule has 3 rings (SSSR count). The standard InChI is InChI=1S/C19H24ClN3O2/c1-2-25-18-7-6-15(13-16(18)20)17(24)14-22-9-11-23(12-10-22)19-5-3-4-8-21-19/h3-8,13,17,24H,2,9-12,14H2,1H3. The van der Waals surface area contributed by atoms with Crippen molar-refractivity contribution in [2.45, 2.75) is 13.0 Å². The monoisotopic (exact) mass is 361 g/mol. The van der Waals surface area contributed by atoms with Gasteiger partial charge < -0.3 is 14.7 Å². The van der Waals surface area contributed by atoms with Crippen molar-refractivity contribution < 1.29 is 9.84 Å². The lowest BCUT2D eigenvalue weighted by molar-refractivity contribution is 0.109. The molecular weight excluding hydrogens is 338 g/mol. The highest BCUT2D eigenvalue weighted by Crippen LogP contribution is 2.28. The zero-order chi connectivity index (χ0) is 17.6. The van der Waals surface area contributed by atoms with E-state index in [4.69, 9.17) is 16.3 Å². The first kappa shape index (κ1) is 18.0. The van der Waals surface area contributed by atoms with Crippen LogP contribution < -0.4 is 9.64 Å². The summed E-state index contributed by atoms with van der Waals surface area (Å²) in [5.74, 6) is 1.67. The van der Waals surface area contributed by atoms with E-state index in [1.54, 1.807) is 6.07 Å². The number of ether oxygens (including phenoxy) is 1. The van der Waals surface area contributed by atoms with Gasteiger partial charge in [0.05, 0.1) is 17.7 Å². The van der Waals surface area contributed by atoms with Gasteiger partial charge in [-0.25, -0.2) is 4.98 Å². The van der Waals surface area contributed by atoms with Crippen LogP contribution in [0.15, 0.2) is 42.6 Å². The fraction of sp³-hybridized carbons (Fsp3) is 0.421. The topological polar surface area (TPSA) is 48.8 Å². The number of halogens is 1. The summed E-state index contributed by atoms with van der Waals surface area (Å²) in [6.07, 6.45) is 1.26. The molecule has 1 aromatic heterocycles. The molecule has 2 aromatic rings. The Hall–Kier alpha value is -1.82. The van der Waals surface area contributed by atoms with Crippen LogP contribution in [0.25, 0.3) is 0 Å². The second-order valence-corrected chi connectivity index (χ2v) is 6.52. The van der Waals surface area contributed by atoms with Gasteiger partial charge in [0.1, 0.15) is 11.6 Å². The number of benzene rings is 1. The van der Waals surface area contributed by atoms with E-state index in [1.165, 1.54) is 0 Å². The Kier molecular flexibility index (Phi) is 6.13. The molecule has 5 nitrogen and oxygen atoms in total. The molecule has 1 aliphatic heterocycles. The predicted molar refractivity (Wildman–Crippen MR) is 100 cm³/mol. The number of aromatic nitrogens is 1. The van der Waals surface area contributed by atoms with Gasteiger partial charge in [-0.15, -0.1) is 0 Å². The van der Waals surface area contributed by atoms with E-state index in [2.05, 4.69) is 14.8 Å². The van der Waals surface area contributed by atoms with Gasteiger partial charge in [0, 0.05) is 38.9 Å². The second kappa shape index (κ2) is 8.52. The van der Waals surface area contributed by atoms with Crippen LogP contribution in [-0.4, -0.2) is 54.3 Å². The zero-order valence-electron chi connectivity index (χ0n) is 14.4. The fourth-order valence-electron chi connectivity index (χ4n) is 3.05. The molecule has 0 bridgehead atoms. The first-order valence-electron chi connectivity index (χ1n) is 8.66. The maximum Gasteiger partial charge on any atom is 0.137 e. The number of piperazine rings is 1. The Labute approximate surface area is 153 Å². The van der Waals surface area contributed by atoms with Crippen molar-refractivity contribution in [2.75, 3.05) is 44.2 Å². The number of rotatable bonds is 6. The molecule has 1 saturated heterocycles. The molecule has 1 aromatic carbocycles. The molecule has 1 fully saturated rings. The lowest BCUT2D eigenvalue weighted by Crippen LogP contribution is -2.47. The van der Waals surface area contributed by atoms with E-state index < -0.39 is 6.10 Å². The Morgan fingerprint density at radius 2 is 2.00 bits per heavy atom. The van der Waals surface area contributed by atoms with Crippen LogP contribution in [0.4, 0.5) is 5.82 Å². The van der Waals surface area contributed by atoms with Gasteiger partial charge in [-0.05, 0) is 36.8 Å². The third-order valence-electron chi connectivity index (χ3n) is 4.42. The molecule has 0 radical (unpaired) electrons. The predicted octanol–water partition coefficient (Wildman–Crippen LogP) is 2.99. The van der Waals surface area contributed by atoms with E-state index in [0.717, 1.165) is 37.6 Å². The molecule has 0 amide bonds. The summed E-state index contributed by atoms with van der Waals surface area (Å²) in [6.45, 7) is 6.71. The number of pyridine rings is 1. The van der Waals surface area contributed by atoms with Crippen LogP contribution in [0.2, 0.25) is 5.02 Å². The Morgan fingerprint density at radius 3 is 2.64 bits per heavy atom. The van der Waals surface area contributed by atoms with Crippen LogP contribution in [0.1, 0.15) is 18.6 Å². The molecule has 1 aliphatic rings. The van der Waals surface area contributed by atoms with Crippen LogP contribution in [0.5, 0.6) is 5.75 Å². The molecule has 0 saturated carbocycles. The fourth-order valence-corrected chi connectivity index (χ4v) is 3.29. The van der Waals surface area contributed by atoms with Gasteiger partial charge in [-0.1, -0.05) is 23.7 Å². The average molecular weight is 362 g/mol. The van der Waals surface area contributed by atoms with E-state index in [9.17, 15) is 5.11 Å². The summed E-state index contributed by atoms with van der Waals surface area (Å²) >= 11 is 6.22. The zero-order valence-corrected chi connectivity index (χ0v) is 15.2. The summed E-state index contributed by atoms with van der Waals surface area (Å²) in [7, 11) is 0. The van der Waals surface area contributed by atoms with Crippen molar-refractivity contribution in [3.8, 4) is 5.75 Å². The van der Waals surface area contributed by atoms with Crippen LogP contribution >= 0.6 is 11.6 Å². The molecule has 2 heterocycles. The molecule has 0 spiro atoms. The molecule has 1 N–H and O–H groups in total. The number of anilines is 1. The summed E-state index contributed by atoms with van der Waals surface area (Å²) in [6, 6.07) is 11.5. The van der Waals surface area contributed by atoms with E-state index >= 15 is 0 Å². The summed E-state index contributed by atoms with van der Waals surface area (Å²) in [5.41, 5.74) is 0.820. The first-order chi connectivity index (χ1) is 12.2. The number of nitrogens with zero attached hydrogens (tertiary/aromatic N) is 3. The quantitative estimate of drug-likeness (QED) is 0.857. The van der Waals surface area contributed by atoms with E-state index in [0.29, 0.717) is 23.9 Å². The number of β-amino-alcohol motifs (C(OH)–C–C–N with tert-alkyl or cyclic N) is 1. The number of aliphatic hydroxyl groups is 1. The molecule has 134 valence electrons. The lowest BCUT2D eigenvalue weighted by Gasteiger charge is -2.36. The third kappa shape index (κ3) is 4.63. The highest BCUT2D eigenvalue weighted by molar-refractivity contribution is 6.32. The first-order valence-corrected chi connectivity index (χ1v) is 9.04. The SMILES string of the molecule is CCOc1ccc(C(O)CN2CCN(c3ccccn3)CC2)cc1Cl. The van der Waals surface area contributed by atoms with Gasteiger partial charge in [0.2, 0.25) is 0 Å². The van der Waals surface area contributed by atoms with Gasteiger partial charge in [-0.3, -0.25) is 4.90 Å². The van der Waals surface area contributed by atoms with Crippen LogP contribution in [0.3, 0.4) is 0 Å². The Morgan fingerprint density at radius 1 is 1.20 bits per heavy atom. The molecule has 6 heteroatoms. The smallest absolute Gasteiger partial charge is 0.137 e. The van der Waals surface area contributed by atoms with Crippen LogP contribution in [0, 0.1) is 0 Å². The minimum Gasteiger partial charge on any atom is -0.492 e. The largest absolute Gasteiger partial charge is 0.492 e. The molecule has 25 heavy (non-hydrogen) atoms. The molecular formula is C19H24ClN3O2. The number of hydrogen-bond acceptors (Lipinski definition) is 5. The molecule has 0 aliphatic carbocycles. The van der Waals surface area contributed by atoms with Crippen molar-refractivity contribution >= 4 is 17.4 Å². The van der Waals surface area contributed by atoms with Crippen molar-refractivity contribution in [3.05, 3.63) is 53.2 Å². The van der Waals surface area contributed by atoms with E-state index in [-0.39, 0.29) is 0 Å². The highest BCUT2D eigenvalue weighted by Gasteiger charge is 2.21. The van der Waals surface area contributed by atoms with Crippen LogP contribution in [-0.2, 0) is 0 Å². The maximum atomic E-state index is 10.5. The third-order valence-corrected chi connectivity index (χ3v) is 4.71. The highest BCUT2D eigenvalue weighted by atomic mass is 35.5. The second-order valence-electron chi connectivity index (χ2n) is 6.11. The minimum absolute atomic E-state index is 0.540. The van der Waals surface area contributed by atoms with Gasteiger partial charge >= 0.3 is 0 Å². The molecule has 1 atom stereocenters. The Bertz CT molecular complexity index is 676. The van der Waals surface area contributed by atoms with Gasteiger partial charge in [0.25, 0.3) is 0 Å². The van der Waals surface area contributed by atoms with Crippen molar-refractivity contribution in [1.29, 1.82) is 0 Å². The minimum atomic E-state index is -0.561. The van der Waals surface area contributed by atoms with Crippen molar-refractivity contribution in [3.63, 3.8) is 0 Å². The summed E-state index contributed by atoms with van der Waals surface area (Å²) < 4.78 is 5.44. The average Bonchev–Trinajstić information content (AvgIpc) is 2.65. The summed E-state index contributed by atoms with van der Waals surface area (Å²) in [4.78, 5) is 8.95. The maximum absolute atomic E-state index is 10.5. The number of aliphatic hydroxyl groups excluding tert-OH is 1. The van der Waals surface area contributed by atoms with Gasteiger partial charge in [0.15, 0.2) is 0 Å². The van der Waals surface area contributed by atoms with Gasteiger partial charge in [-0.2, -0.15) is 0 Å². The summed E-state index contributed by atoms with van der Waals surface area (Å²) in [5, 5.41) is 11.1. The van der Waals surface area contributed by atoms with Crippen molar-refractivity contribution in [2.24, 2.45) is 0 Å². The normalized spacial score (nSPS) is 16.7.